The molecule has 0 radical (unpaired) electrons. The van der Waals surface area contributed by atoms with Crippen LogP contribution in [0, 0.1) is 6.92 Å². The van der Waals surface area contributed by atoms with Gasteiger partial charge in [-0.25, -0.2) is 0 Å². The maximum absolute atomic E-state index is 10.3. The molecule has 0 unspecified atom stereocenters. The van der Waals surface area contributed by atoms with E-state index < -0.39 is 6.10 Å². The summed E-state index contributed by atoms with van der Waals surface area (Å²) >= 11 is 3.38. The lowest BCUT2D eigenvalue weighted by Crippen LogP contribution is -2.00. The summed E-state index contributed by atoms with van der Waals surface area (Å²) < 4.78 is 6.22. The number of aliphatic hydroxyl groups is 1. The fraction of sp³-hybridized carbons (Fsp3) is 0.200. The monoisotopic (exact) mass is 306 g/mol. The second-order valence-electron chi connectivity index (χ2n) is 4.18. The first kappa shape index (κ1) is 13.1. The molecule has 0 heterocycles. The molecule has 0 amide bonds. The van der Waals surface area contributed by atoms with Crippen molar-refractivity contribution in [1.29, 1.82) is 0 Å². The Hall–Kier alpha value is -1.32. The first-order chi connectivity index (χ1) is 8.61. The van der Waals surface area contributed by atoms with Gasteiger partial charge in [0.25, 0.3) is 0 Å². The number of aryl methyl sites for hydroxylation is 1. The van der Waals surface area contributed by atoms with Gasteiger partial charge in [0, 0.05) is 4.47 Å². The van der Waals surface area contributed by atoms with Gasteiger partial charge in [0.05, 0.1) is 7.11 Å². The molecule has 3 heteroatoms. The second kappa shape index (κ2) is 5.55. The highest BCUT2D eigenvalue weighted by Gasteiger charge is 2.11. The zero-order chi connectivity index (χ0) is 13.1. The van der Waals surface area contributed by atoms with E-state index in [-0.39, 0.29) is 0 Å². The zero-order valence-electron chi connectivity index (χ0n) is 10.4. The maximum atomic E-state index is 10.3. The van der Waals surface area contributed by atoms with Crippen LogP contribution in [0.2, 0.25) is 0 Å². The Labute approximate surface area is 115 Å². The van der Waals surface area contributed by atoms with Gasteiger partial charge in [0.1, 0.15) is 11.9 Å². The molecular weight excluding hydrogens is 292 g/mol. The van der Waals surface area contributed by atoms with Gasteiger partial charge in [-0.05, 0) is 47.9 Å². The lowest BCUT2D eigenvalue weighted by molar-refractivity contribution is 0.220. The molecular formula is C15H15BrO2. The first-order valence-electron chi connectivity index (χ1n) is 5.70. The van der Waals surface area contributed by atoms with Crippen LogP contribution < -0.4 is 4.74 Å². The van der Waals surface area contributed by atoms with E-state index in [2.05, 4.69) is 15.9 Å². The molecule has 1 atom stereocenters. The SMILES string of the molecule is COc1ccc([C@@H](O)c2ccc(Br)cc2)cc1C. The molecule has 2 rings (SSSR count). The number of halogens is 1. The van der Waals surface area contributed by atoms with Crippen LogP contribution in [0.25, 0.3) is 0 Å². The van der Waals surface area contributed by atoms with Crippen LogP contribution >= 0.6 is 15.9 Å². The lowest BCUT2D eigenvalue weighted by Gasteiger charge is -2.13. The molecule has 0 fully saturated rings. The molecule has 18 heavy (non-hydrogen) atoms. The van der Waals surface area contributed by atoms with Gasteiger partial charge in [-0.3, -0.25) is 0 Å². The van der Waals surface area contributed by atoms with Crippen molar-refractivity contribution in [2.45, 2.75) is 13.0 Å². The third kappa shape index (κ3) is 2.74. The number of methoxy groups -OCH3 is 1. The van der Waals surface area contributed by atoms with Crippen molar-refractivity contribution in [2.75, 3.05) is 7.11 Å². The van der Waals surface area contributed by atoms with Gasteiger partial charge in [0.15, 0.2) is 0 Å². The highest BCUT2D eigenvalue weighted by atomic mass is 79.9. The van der Waals surface area contributed by atoms with E-state index in [4.69, 9.17) is 4.74 Å². The molecule has 0 saturated heterocycles. The van der Waals surface area contributed by atoms with E-state index in [1.165, 1.54) is 0 Å². The van der Waals surface area contributed by atoms with Crippen molar-refractivity contribution in [3.8, 4) is 5.75 Å². The van der Waals surface area contributed by atoms with E-state index >= 15 is 0 Å². The molecule has 1 N–H and O–H groups in total. The summed E-state index contributed by atoms with van der Waals surface area (Å²) in [6.07, 6.45) is -0.609. The number of aliphatic hydroxyl groups excluding tert-OH is 1. The summed E-state index contributed by atoms with van der Waals surface area (Å²) in [5.41, 5.74) is 2.77. The molecule has 2 aromatic carbocycles. The minimum atomic E-state index is -0.609. The molecule has 2 nitrogen and oxygen atoms in total. The van der Waals surface area contributed by atoms with Crippen LogP contribution in [0.1, 0.15) is 22.8 Å². The Morgan fingerprint density at radius 3 is 2.22 bits per heavy atom. The zero-order valence-corrected chi connectivity index (χ0v) is 11.9. The number of rotatable bonds is 3. The lowest BCUT2D eigenvalue weighted by atomic mass is 10.00. The number of ether oxygens (including phenoxy) is 1. The van der Waals surface area contributed by atoms with Crippen molar-refractivity contribution in [1.82, 2.24) is 0 Å². The Bertz CT molecular complexity index is 535. The van der Waals surface area contributed by atoms with Gasteiger partial charge in [-0.2, -0.15) is 0 Å². The van der Waals surface area contributed by atoms with E-state index in [1.54, 1.807) is 7.11 Å². The topological polar surface area (TPSA) is 29.5 Å². The van der Waals surface area contributed by atoms with Crippen molar-refractivity contribution < 1.29 is 9.84 Å². The van der Waals surface area contributed by atoms with Crippen LogP contribution in [0.3, 0.4) is 0 Å². The summed E-state index contributed by atoms with van der Waals surface area (Å²) in [5.74, 6) is 0.835. The molecule has 0 spiro atoms. The highest BCUT2D eigenvalue weighted by Crippen LogP contribution is 2.27. The van der Waals surface area contributed by atoms with Gasteiger partial charge in [-0.15, -0.1) is 0 Å². The van der Waals surface area contributed by atoms with E-state index in [0.29, 0.717) is 0 Å². The van der Waals surface area contributed by atoms with Gasteiger partial charge < -0.3 is 9.84 Å². The average Bonchev–Trinajstić information content (AvgIpc) is 2.38. The summed E-state index contributed by atoms with van der Waals surface area (Å²) in [5, 5.41) is 10.3. The Morgan fingerprint density at radius 1 is 1.06 bits per heavy atom. The smallest absolute Gasteiger partial charge is 0.121 e. The summed E-state index contributed by atoms with van der Waals surface area (Å²) in [6, 6.07) is 13.4. The Balaban J connectivity index is 2.31. The average molecular weight is 307 g/mol. The predicted octanol–water partition coefficient (Wildman–Crippen LogP) is 3.85. The van der Waals surface area contributed by atoms with Crippen molar-refractivity contribution in [3.63, 3.8) is 0 Å². The molecule has 0 saturated carbocycles. The Morgan fingerprint density at radius 2 is 1.67 bits per heavy atom. The maximum Gasteiger partial charge on any atom is 0.121 e. The van der Waals surface area contributed by atoms with E-state index in [9.17, 15) is 5.11 Å². The van der Waals surface area contributed by atoms with Crippen LogP contribution in [0.4, 0.5) is 0 Å². The fourth-order valence-corrected chi connectivity index (χ4v) is 2.17. The van der Waals surface area contributed by atoms with Crippen LogP contribution in [-0.2, 0) is 0 Å². The van der Waals surface area contributed by atoms with Crippen LogP contribution in [0.5, 0.6) is 5.75 Å². The molecule has 0 aromatic heterocycles. The molecule has 0 aliphatic rings. The predicted molar refractivity (Wildman–Crippen MR) is 75.9 cm³/mol. The number of hydrogen-bond donors (Lipinski definition) is 1. The third-order valence-electron chi connectivity index (χ3n) is 2.92. The molecule has 0 bridgehead atoms. The molecule has 2 aromatic rings. The summed E-state index contributed by atoms with van der Waals surface area (Å²) in [6.45, 7) is 1.97. The van der Waals surface area contributed by atoms with Crippen molar-refractivity contribution >= 4 is 15.9 Å². The van der Waals surface area contributed by atoms with Gasteiger partial charge >= 0.3 is 0 Å². The minimum absolute atomic E-state index is 0.609. The standard InChI is InChI=1S/C15H15BrO2/c1-10-9-12(5-8-14(10)18-2)15(17)11-3-6-13(16)7-4-11/h3-9,15,17H,1-2H3/t15-/m0/s1. The fourth-order valence-electron chi connectivity index (χ4n) is 1.91. The molecule has 0 aliphatic carbocycles. The summed E-state index contributed by atoms with van der Waals surface area (Å²) in [7, 11) is 1.65. The second-order valence-corrected chi connectivity index (χ2v) is 5.10. The number of hydrogen-bond acceptors (Lipinski definition) is 2. The van der Waals surface area contributed by atoms with Crippen LogP contribution in [-0.4, -0.2) is 12.2 Å². The first-order valence-corrected chi connectivity index (χ1v) is 6.49. The van der Waals surface area contributed by atoms with E-state index in [1.807, 2.05) is 49.4 Å². The molecule has 0 aliphatic heterocycles. The summed E-state index contributed by atoms with van der Waals surface area (Å²) in [4.78, 5) is 0. The Kier molecular flexibility index (Phi) is 4.04. The van der Waals surface area contributed by atoms with Crippen molar-refractivity contribution in [3.05, 3.63) is 63.6 Å². The quantitative estimate of drug-likeness (QED) is 0.933. The highest BCUT2D eigenvalue weighted by molar-refractivity contribution is 9.10. The largest absolute Gasteiger partial charge is 0.496 e. The third-order valence-corrected chi connectivity index (χ3v) is 3.45. The van der Waals surface area contributed by atoms with Crippen LogP contribution in [0.15, 0.2) is 46.9 Å². The molecule has 94 valence electrons. The normalized spacial score (nSPS) is 12.2. The minimum Gasteiger partial charge on any atom is -0.496 e. The van der Waals surface area contributed by atoms with E-state index in [0.717, 1.165) is 26.9 Å². The van der Waals surface area contributed by atoms with Gasteiger partial charge in [-0.1, -0.05) is 34.1 Å². The van der Waals surface area contributed by atoms with Crippen molar-refractivity contribution in [2.24, 2.45) is 0 Å². The van der Waals surface area contributed by atoms with Gasteiger partial charge in [0.2, 0.25) is 0 Å². The number of benzene rings is 2.